The van der Waals surface area contributed by atoms with Crippen LogP contribution in [0.15, 0.2) is 48.5 Å². The number of rotatable bonds is 11. The molecule has 0 aliphatic carbocycles. The summed E-state index contributed by atoms with van der Waals surface area (Å²) in [6.45, 7) is 4.97. The Hall–Kier alpha value is -3.23. The standard InChI is InChI=1S/C27H31ClFN3O4/c1-16(2)10-20-13-24(32-31-20)25(34)30-21(14-27(3,15-33)26(35)36)11-17-4-6-18(7-5-17)22-12-19(28)8-9-23(22)29/h4-9,12-13,16,21,33H,10-11,14-15H2,1-3H3,(H,30,34)(H,31,32)(H,35,36)/t21-,27+/m1/s1. The number of carbonyl (C=O) groups is 2. The molecule has 0 saturated carbocycles. The van der Waals surface area contributed by atoms with E-state index in [0.29, 0.717) is 34.9 Å². The van der Waals surface area contributed by atoms with Gasteiger partial charge in [-0.1, -0.05) is 49.7 Å². The number of H-pyrrole nitrogens is 1. The van der Waals surface area contributed by atoms with Gasteiger partial charge in [-0.15, -0.1) is 0 Å². The molecule has 2 atom stereocenters. The summed E-state index contributed by atoms with van der Waals surface area (Å²) in [5, 5.41) is 29.7. The van der Waals surface area contributed by atoms with Crippen molar-refractivity contribution >= 4 is 23.5 Å². The third-order valence-electron chi connectivity index (χ3n) is 6.07. The number of carbonyl (C=O) groups excluding carboxylic acids is 1. The normalized spacial score (nSPS) is 13.9. The van der Waals surface area contributed by atoms with E-state index in [-0.39, 0.29) is 12.1 Å². The molecule has 0 spiro atoms. The minimum atomic E-state index is -1.45. The number of aliphatic hydroxyl groups excluding tert-OH is 1. The lowest BCUT2D eigenvalue weighted by Gasteiger charge is -2.28. The molecule has 9 heteroatoms. The molecule has 1 amide bonds. The number of halogens is 2. The second kappa shape index (κ2) is 11.7. The highest BCUT2D eigenvalue weighted by molar-refractivity contribution is 6.30. The molecule has 192 valence electrons. The van der Waals surface area contributed by atoms with Crippen molar-refractivity contribution in [1.29, 1.82) is 0 Å². The summed E-state index contributed by atoms with van der Waals surface area (Å²) < 4.78 is 14.2. The maximum atomic E-state index is 14.2. The zero-order valence-corrected chi connectivity index (χ0v) is 21.3. The molecular weight excluding hydrogens is 485 g/mol. The lowest BCUT2D eigenvalue weighted by atomic mass is 9.82. The molecule has 0 aliphatic heterocycles. The van der Waals surface area contributed by atoms with Gasteiger partial charge in [0.25, 0.3) is 5.91 Å². The summed E-state index contributed by atoms with van der Waals surface area (Å²) in [6, 6.07) is 12.5. The monoisotopic (exact) mass is 515 g/mol. The number of aromatic nitrogens is 2. The van der Waals surface area contributed by atoms with Gasteiger partial charge in [-0.25, -0.2) is 4.39 Å². The molecule has 4 N–H and O–H groups in total. The quantitative estimate of drug-likeness (QED) is 0.290. The van der Waals surface area contributed by atoms with Gasteiger partial charge in [0.1, 0.15) is 11.5 Å². The minimum absolute atomic E-state index is 0.00222. The number of carboxylic acids is 1. The van der Waals surface area contributed by atoms with Gasteiger partial charge in [-0.2, -0.15) is 5.10 Å². The number of carboxylic acid groups (broad SMARTS) is 1. The molecule has 0 fully saturated rings. The van der Waals surface area contributed by atoms with Crippen LogP contribution in [-0.2, 0) is 17.6 Å². The summed E-state index contributed by atoms with van der Waals surface area (Å²) in [4.78, 5) is 24.8. The highest BCUT2D eigenvalue weighted by Crippen LogP contribution is 2.28. The van der Waals surface area contributed by atoms with Crippen LogP contribution in [0.25, 0.3) is 11.1 Å². The number of aliphatic carboxylic acids is 1. The molecule has 0 aliphatic rings. The summed E-state index contributed by atoms with van der Waals surface area (Å²) in [7, 11) is 0. The van der Waals surface area contributed by atoms with E-state index in [4.69, 9.17) is 11.6 Å². The van der Waals surface area contributed by atoms with Gasteiger partial charge in [0.2, 0.25) is 0 Å². The van der Waals surface area contributed by atoms with Gasteiger partial charge in [0.15, 0.2) is 0 Å². The molecular formula is C27H31ClFN3O4. The lowest BCUT2D eigenvalue weighted by molar-refractivity contribution is -0.151. The fourth-order valence-electron chi connectivity index (χ4n) is 4.03. The third kappa shape index (κ3) is 6.92. The Morgan fingerprint density at radius 2 is 1.83 bits per heavy atom. The van der Waals surface area contributed by atoms with Gasteiger partial charge in [-0.05, 0) is 67.5 Å². The first-order chi connectivity index (χ1) is 17.0. The molecule has 0 unspecified atom stereocenters. The van der Waals surface area contributed by atoms with Crippen molar-refractivity contribution in [3.05, 3.63) is 76.3 Å². The predicted octanol–water partition coefficient (Wildman–Crippen LogP) is 4.88. The van der Waals surface area contributed by atoms with Crippen LogP contribution in [0.1, 0.15) is 48.9 Å². The van der Waals surface area contributed by atoms with Crippen LogP contribution >= 0.6 is 11.6 Å². The van der Waals surface area contributed by atoms with Crippen LogP contribution in [0, 0.1) is 17.2 Å². The van der Waals surface area contributed by atoms with E-state index in [2.05, 4.69) is 29.4 Å². The number of aromatic amines is 1. The van der Waals surface area contributed by atoms with Gasteiger partial charge in [0, 0.05) is 16.6 Å². The van der Waals surface area contributed by atoms with E-state index in [1.54, 1.807) is 36.4 Å². The number of aliphatic hydroxyl groups is 1. The number of benzene rings is 2. The highest BCUT2D eigenvalue weighted by atomic mass is 35.5. The minimum Gasteiger partial charge on any atom is -0.481 e. The van der Waals surface area contributed by atoms with Crippen LogP contribution in [-0.4, -0.2) is 44.9 Å². The second-order valence-corrected chi connectivity index (χ2v) is 10.2. The topological polar surface area (TPSA) is 115 Å². The molecule has 3 rings (SSSR count). The van der Waals surface area contributed by atoms with Gasteiger partial charge in [-0.3, -0.25) is 14.7 Å². The number of nitrogens with zero attached hydrogens (tertiary/aromatic N) is 1. The maximum Gasteiger partial charge on any atom is 0.311 e. The molecule has 1 aromatic heterocycles. The van der Waals surface area contributed by atoms with Crippen molar-refractivity contribution in [1.82, 2.24) is 15.5 Å². The van der Waals surface area contributed by atoms with Crippen molar-refractivity contribution in [2.45, 2.75) is 46.1 Å². The van der Waals surface area contributed by atoms with E-state index < -0.39 is 35.8 Å². The van der Waals surface area contributed by atoms with E-state index in [1.165, 1.54) is 19.1 Å². The summed E-state index contributed by atoms with van der Waals surface area (Å²) in [6.07, 6.45) is 1.02. The molecule has 0 saturated heterocycles. The molecule has 1 heterocycles. The average molecular weight is 516 g/mol. The van der Waals surface area contributed by atoms with E-state index >= 15 is 0 Å². The molecule has 0 bridgehead atoms. The number of hydrogen-bond donors (Lipinski definition) is 4. The Balaban J connectivity index is 1.82. The van der Waals surface area contributed by atoms with Gasteiger partial charge < -0.3 is 15.5 Å². The summed E-state index contributed by atoms with van der Waals surface area (Å²) in [5.74, 6) is -1.59. The van der Waals surface area contributed by atoms with E-state index in [9.17, 15) is 24.2 Å². The zero-order valence-electron chi connectivity index (χ0n) is 20.5. The van der Waals surface area contributed by atoms with Crippen molar-refractivity contribution in [2.24, 2.45) is 11.3 Å². The Bertz CT molecular complexity index is 1210. The fourth-order valence-corrected chi connectivity index (χ4v) is 4.20. The Morgan fingerprint density at radius 1 is 1.14 bits per heavy atom. The first-order valence-electron chi connectivity index (χ1n) is 11.7. The number of nitrogens with one attached hydrogen (secondary N) is 2. The Labute approximate surface area is 214 Å². The molecule has 3 aromatic rings. The zero-order chi connectivity index (χ0) is 26.5. The van der Waals surface area contributed by atoms with Crippen molar-refractivity contribution in [3.63, 3.8) is 0 Å². The van der Waals surface area contributed by atoms with E-state index in [1.807, 2.05) is 0 Å². The van der Waals surface area contributed by atoms with Crippen LogP contribution in [0.5, 0.6) is 0 Å². The average Bonchev–Trinajstić information content (AvgIpc) is 3.29. The number of hydrogen-bond acceptors (Lipinski definition) is 4. The SMILES string of the molecule is CC(C)Cc1cc(C(=O)N[C@H](Cc2ccc(-c3cc(Cl)ccc3F)cc2)C[C@@](C)(CO)C(=O)O)[nH]n1. The lowest BCUT2D eigenvalue weighted by Crippen LogP contribution is -2.44. The van der Waals surface area contributed by atoms with Crippen molar-refractivity contribution in [3.8, 4) is 11.1 Å². The van der Waals surface area contributed by atoms with Crippen molar-refractivity contribution in [2.75, 3.05) is 6.61 Å². The Morgan fingerprint density at radius 3 is 2.44 bits per heavy atom. The van der Waals surface area contributed by atoms with Crippen molar-refractivity contribution < 1.29 is 24.2 Å². The smallest absolute Gasteiger partial charge is 0.311 e. The number of amides is 1. The van der Waals surface area contributed by atoms with Crippen LogP contribution in [0.3, 0.4) is 0 Å². The second-order valence-electron chi connectivity index (χ2n) is 9.79. The first-order valence-corrected chi connectivity index (χ1v) is 12.1. The van der Waals surface area contributed by atoms with Gasteiger partial charge >= 0.3 is 5.97 Å². The van der Waals surface area contributed by atoms with Gasteiger partial charge in [0.05, 0.1) is 17.7 Å². The molecule has 7 nitrogen and oxygen atoms in total. The molecule has 2 aromatic carbocycles. The van der Waals surface area contributed by atoms with E-state index in [0.717, 1.165) is 11.3 Å². The highest BCUT2D eigenvalue weighted by Gasteiger charge is 2.36. The largest absolute Gasteiger partial charge is 0.481 e. The third-order valence-corrected chi connectivity index (χ3v) is 6.30. The van der Waals surface area contributed by atoms with Crippen LogP contribution in [0.4, 0.5) is 4.39 Å². The first kappa shape index (κ1) is 27.4. The van der Waals surface area contributed by atoms with Crippen LogP contribution in [0.2, 0.25) is 5.02 Å². The molecule has 0 radical (unpaired) electrons. The molecule has 36 heavy (non-hydrogen) atoms. The summed E-state index contributed by atoms with van der Waals surface area (Å²) in [5.41, 5.74) is 1.42. The maximum absolute atomic E-state index is 14.2. The fraction of sp³-hybridized carbons (Fsp3) is 0.370. The Kier molecular flexibility index (Phi) is 8.87. The van der Waals surface area contributed by atoms with Crippen LogP contribution < -0.4 is 5.32 Å². The summed E-state index contributed by atoms with van der Waals surface area (Å²) >= 11 is 6.01. The predicted molar refractivity (Wildman–Crippen MR) is 136 cm³/mol.